The SMILES string of the molecule is C=C[C@@H]1C[C@]1(NC(=O)c1cccc(-c2ccc3oc(-c4ccc(F)cc4)c(C(=O)NC)c3c2)c1)C(=O)NS(=O)(=O)C1CC1. The molecule has 2 fully saturated rings. The standard InChI is InChI=1S/C32H28FN3O6S/c1-3-22-17-32(22,31(39)36-43(40,41)24-12-13-24)35-29(37)21-6-4-5-19(15-21)20-9-14-26-25(16-20)27(30(38)34-2)28(42-26)18-7-10-23(33)11-8-18/h3-11,14-16,22,24H,1,12-13,17H2,2H3,(H,34,38)(H,35,37)(H,36,39)/t22-,32-/m1/s1. The van der Waals surface area contributed by atoms with Crippen molar-refractivity contribution in [3.63, 3.8) is 0 Å². The van der Waals surface area contributed by atoms with E-state index in [2.05, 4.69) is 21.9 Å². The normalized spacial score (nSPS) is 19.4. The number of carbonyl (C=O) groups is 3. The van der Waals surface area contributed by atoms with Crippen molar-refractivity contribution in [2.45, 2.75) is 30.1 Å². The zero-order valence-corrected chi connectivity index (χ0v) is 24.0. The van der Waals surface area contributed by atoms with Gasteiger partial charge < -0.3 is 15.1 Å². The van der Waals surface area contributed by atoms with E-state index in [1.165, 1.54) is 37.4 Å². The van der Waals surface area contributed by atoms with E-state index in [1.807, 2.05) is 0 Å². The van der Waals surface area contributed by atoms with E-state index < -0.39 is 44.4 Å². The zero-order valence-electron chi connectivity index (χ0n) is 23.1. The van der Waals surface area contributed by atoms with Crippen LogP contribution in [0.5, 0.6) is 0 Å². The van der Waals surface area contributed by atoms with Crippen LogP contribution in [0.1, 0.15) is 40.0 Å². The van der Waals surface area contributed by atoms with Gasteiger partial charge in [-0.15, -0.1) is 6.58 Å². The molecule has 1 aromatic heterocycles. The largest absolute Gasteiger partial charge is 0.455 e. The van der Waals surface area contributed by atoms with Gasteiger partial charge in [0.15, 0.2) is 0 Å². The van der Waals surface area contributed by atoms with Crippen molar-refractivity contribution in [2.75, 3.05) is 7.05 Å². The molecule has 2 aliphatic rings. The van der Waals surface area contributed by atoms with Crippen LogP contribution in [0.15, 0.2) is 83.8 Å². The Kier molecular flexibility index (Phi) is 6.92. The summed E-state index contributed by atoms with van der Waals surface area (Å²) < 4.78 is 46.5. The molecular formula is C32H28FN3O6S. The molecule has 1 heterocycles. The molecule has 3 aromatic carbocycles. The number of halogens is 1. The highest BCUT2D eigenvalue weighted by Crippen LogP contribution is 2.45. The van der Waals surface area contributed by atoms with Crippen molar-refractivity contribution < 1.29 is 31.6 Å². The highest BCUT2D eigenvalue weighted by atomic mass is 32.2. The number of furan rings is 1. The molecule has 11 heteroatoms. The number of carbonyl (C=O) groups excluding carboxylic acids is 3. The Morgan fingerprint density at radius 1 is 0.977 bits per heavy atom. The number of fused-ring (bicyclic) bond motifs is 1. The molecule has 43 heavy (non-hydrogen) atoms. The van der Waals surface area contributed by atoms with Gasteiger partial charge in [0.2, 0.25) is 10.0 Å². The van der Waals surface area contributed by atoms with Crippen LogP contribution in [0.3, 0.4) is 0 Å². The van der Waals surface area contributed by atoms with Crippen molar-refractivity contribution in [3.8, 4) is 22.5 Å². The predicted molar refractivity (Wildman–Crippen MR) is 159 cm³/mol. The molecule has 4 aromatic rings. The highest BCUT2D eigenvalue weighted by molar-refractivity contribution is 7.91. The topological polar surface area (TPSA) is 135 Å². The summed E-state index contributed by atoms with van der Waals surface area (Å²) in [6, 6.07) is 17.7. The molecule has 0 spiro atoms. The maximum Gasteiger partial charge on any atom is 0.259 e. The lowest BCUT2D eigenvalue weighted by Gasteiger charge is -2.19. The Labute approximate surface area is 247 Å². The maximum atomic E-state index is 13.5. The number of nitrogens with one attached hydrogen (secondary N) is 3. The smallest absolute Gasteiger partial charge is 0.259 e. The van der Waals surface area contributed by atoms with Gasteiger partial charge in [-0.2, -0.15) is 0 Å². The molecule has 220 valence electrons. The Bertz CT molecular complexity index is 1910. The third kappa shape index (κ3) is 5.20. The number of hydrogen-bond acceptors (Lipinski definition) is 6. The van der Waals surface area contributed by atoms with Crippen molar-refractivity contribution >= 4 is 38.7 Å². The molecule has 2 atom stereocenters. The minimum Gasteiger partial charge on any atom is -0.455 e. The summed E-state index contributed by atoms with van der Waals surface area (Å²) in [6.07, 6.45) is 2.78. The minimum atomic E-state index is -3.79. The molecular weight excluding hydrogens is 573 g/mol. The number of sulfonamides is 1. The van der Waals surface area contributed by atoms with Crippen molar-refractivity contribution in [1.82, 2.24) is 15.4 Å². The van der Waals surface area contributed by atoms with Crippen LogP contribution in [0, 0.1) is 11.7 Å². The molecule has 6 rings (SSSR count). The lowest BCUT2D eigenvalue weighted by atomic mass is 9.98. The molecule has 0 saturated heterocycles. The number of amides is 3. The Hall–Kier alpha value is -4.77. The average molecular weight is 602 g/mol. The lowest BCUT2D eigenvalue weighted by Crippen LogP contribution is -2.52. The molecule has 3 N–H and O–H groups in total. The van der Waals surface area contributed by atoms with Crippen LogP contribution in [-0.2, 0) is 14.8 Å². The predicted octanol–water partition coefficient (Wildman–Crippen LogP) is 4.55. The van der Waals surface area contributed by atoms with E-state index in [4.69, 9.17) is 4.42 Å². The number of benzene rings is 3. The lowest BCUT2D eigenvalue weighted by molar-refractivity contribution is -0.122. The fourth-order valence-corrected chi connectivity index (χ4v) is 6.63. The summed E-state index contributed by atoms with van der Waals surface area (Å²) in [5.74, 6) is -2.21. The molecule has 0 aliphatic heterocycles. The molecule has 3 amide bonds. The van der Waals surface area contributed by atoms with Gasteiger partial charge in [-0.05, 0) is 78.9 Å². The van der Waals surface area contributed by atoms with E-state index in [0.29, 0.717) is 46.3 Å². The van der Waals surface area contributed by atoms with Gasteiger partial charge in [0.1, 0.15) is 22.7 Å². The van der Waals surface area contributed by atoms with Crippen molar-refractivity contribution in [1.29, 1.82) is 0 Å². The summed E-state index contributed by atoms with van der Waals surface area (Å²) in [5.41, 5.74) is 1.50. The first-order valence-corrected chi connectivity index (χ1v) is 15.3. The summed E-state index contributed by atoms with van der Waals surface area (Å²) in [7, 11) is -2.28. The number of rotatable bonds is 9. The summed E-state index contributed by atoms with van der Waals surface area (Å²) in [4.78, 5) is 39.4. The van der Waals surface area contributed by atoms with E-state index in [-0.39, 0.29) is 23.5 Å². The Morgan fingerprint density at radius 3 is 2.33 bits per heavy atom. The van der Waals surface area contributed by atoms with Gasteiger partial charge in [0.25, 0.3) is 17.7 Å². The first-order chi connectivity index (χ1) is 20.6. The minimum absolute atomic E-state index is 0.240. The Morgan fingerprint density at radius 2 is 1.67 bits per heavy atom. The monoisotopic (exact) mass is 601 g/mol. The second-order valence-electron chi connectivity index (χ2n) is 10.8. The van der Waals surface area contributed by atoms with Gasteiger partial charge in [-0.3, -0.25) is 19.1 Å². The van der Waals surface area contributed by atoms with Crippen LogP contribution >= 0.6 is 0 Å². The highest BCUT2D eigenvalue weighted by Gasteiger charge is 2.61. The fourth-order valence-electron chi connectivity index (χ4n) is 5.26. The second kappa shape index (κ2) is 10.5. The maximum absolute atomic E-state index is 13.5. The molecule has 2 aliphatic carbocycles. The van der Waals surface area contributed by atoms with Crippen LogP contribution in [0.2, 0.25) is 0 Å². The van der Waals surface area contributed by atoms with E-state index >= 15 is 0 Å². The van der Waals surface area contributed by atoms with Crippen LogP contribution in [0.25, 0.3) is 33.4 Å². The van der Waals surface area contributed by atoms with Gasteiger partial charge in [0, 0.05) is 29.5 Å². The fraction of sp³-hybridized carbons (Fsp3) is 0.219. The average Bonchev–Trinajstić information content (AvgIpc) is 3.93. The van der Waals surface area contributed by atoms with Crippen LogP contribution < -0.4 is 15.4 Å². The van der Waals surface area contributed by atoms with Gasteiger partial charge in [0.05, 0.1) is 10.8 Å². The molecule has 2 saturated carbocycles. The second-order valence-corrected chi connectivity index (χ2v) is 12.8. The van der Waals surface area contributed by atoms with Crippen LogP contribution in [-0.4, -0.2) is 44.0 Å². The van der Waals surface area contributed by atoms with Gasteiger partial charge in [-0.25, -0.2) is 12.8 Å². The van der Waals surface area contributed by atoms with E-state index in [9.17, 15) is 27.2 Å². The molecule has 0 bridgehead atoms. The molecule has 9 nitrogen and oxygen atoms in total. The van der Waals surface area contributed by atoms with Crippen LogP contribution in [0.4, 0.5) is 4.39 Å². The Balaban J connectivity index is 1.31. The van der Waals surface area contributed by atoms with Crippen molar-refractivity contribution in [2.24, 2.45) is 5.92 Å². The zero-order chi connectivity index (χ0) is 30.5. The molecule has 0 radical (unpaired) electrons. The summed E-state index contributed by atoms with van der Waals surface area (Å²) in [5, 5.41) is 5.33. The third-order valence-electron chi connectivity index (χ3n) is 7.95. The van der Waals surface area contributed by atoms with E-state index in [1.54, 1.807) is 42.5 Å². The quantitative estimate of drug-likeness (QED) is 0.241. The van der Waals surface area contributed by atoms with Gasteiger partial charge >= 0.3 is 0 Å². The molecule has 0 unspecified atom stereocenters. The summed E-state index contributed by atoms with van der Waals surface area (Å²) >= 11 is 0. The first kappa shape index (κ1) is 28.4. The summed E-state index contributed by atoms with van der Waals surface area (Å²) in [6.45, 7) is 3.72. The number of hydrogen-bond donors (Lipinski definition) is 3. The van der Waals surface area contributed by atoms with Crippen molar-refractivity contribution in [3.05, 3.63) is 96.3 Å². The first-order valence-electron chi connectivity index (χ1n) is 13.7. The third-order valence-corrected chi connectivity index (χ3v) is 9.76. The van der Waals surface area contributed by atoms with E-state index in [0.717, 1.165) is 0 Å². The van der Waals surface area contributed by atoms with Gasteiger partial charge in [-0.1, -0.05) is 24.3 Å².